The van der Waals surface area contributed by atoms with Gasteiger partial charge in [0, 0.05) is 43.6 Å². The summed E-state index contributed by atoms with van der Waals surface area (Å²) in [5.41, 5.74) is 7.70. The molecule has 0 saturated heterocycles. The van der Waals surface area contributed by atoms with Crippen LogP contribution in [0.4, 0.5) is 5.82 Å². The van der Waals surface area contributed by atoms with Crippen molar-refractivity contribution < 1.29 is 0 Å². The van der Waals surface area contributed by atoms with Crippen molar-refractivity contribution in [3.05, 3.63) is 35.7 Å². The Hall–Kier alpha value is -1.59. The number of nitrogens with zero attached hydrogens (tertiary/aromatic N) is 2. The average Bonchev–Trinajstić information content (AvgIpc) is 2.80. The summed E-state index contributed by atoms with van der Waals surface area (Å²) in [5.74, 6) is 1.04. The molecule has 0 saturated carbocycles. The molecule has 3 rings (SSSR count). The second-order valence-corrected chi connectivity index (χ2v) is 4.92. The fourth-order valence-corrected chi connectivity index (χ4v) is 2.12. The van der Waals surface area contributed by atoms with Crippen LogP contribution >= 0.6 is 0 Å². The molecule has 0 bridgehead atoms. The molecule has 0 fully saturated rings. The first kappa shape index (κ1) is 21.4. The number of nitrogens with two attached hydrogens (primary N) is 1. The van der Waals surface area contributed by atoms with E-state index in [0.717, 1.165) is 50.7 Å². The highest BCUT2D eigenvalue weighted by Crippen LogP contribution is 2.15. The van der Waals surface area contributed by atoms with E-state index in [1.165, 1.54) is 5.56 Å². The monoisotopic (exact) mass is 321 g/mol. The number of anilines is 1. The predicted octanol–water partition coefficient (Wildman–Crippen LogP) is 2.81. The first-order valence-electron chi connectivity index (χ1n) is 8.77. The van der Waals surface area contributed by atoms with Crippen LogP contribution in [0.25, 0.3) is 0 Å². The van der Waals surface area contributed by atoms with E-state index >= 15 is 0 Å². The van der Waals surface area contributed by atoms with Gasteiger partial charge in [0.05, 0.1) is 0 Å². The van der Waals surface area contributed by atoms with E-state index in [0.29, 0.717) is 0 Å². The maximum absolute atomic E-state index is 5.43. The third-order valence-corrected chi connectivity index (χ3v) is 3.17. The highest BCUT2D eigenvalue weighted by Gasteiger charge is 2.09. The largest absolute Gasteiger partial charge is 0.401 e. The van der Waals surface area contributed by atoms with E-state index in [1.54, 1.807) is 0 Å². The van der Waals surface area contributed by atoms with Gasteiger partial charge in [0.25, 0.3) is 0 Å². The van der Waals surface area contributed by atoms with Crippen LogP contribution in [0.2, 0.25) is 0 Å². The molecular formula is C18H35N5. The van der Waals surface area contributed by atoms with Gasteiger partial charge in [0.1, 0.15) is 5.82 Å². The molecule has 5 heteroatoms. The van der Waals surface area contributed by atoms with Gasteiger partial charge in [-0.25, -0.2) is 4.98 Å². The molecule has 5 nitrogen and oxygen atoms in total. The summed E-state index contributed by atoms with van der Waals surface area (Å²) >= 11 is 0. The second-order valence-electron chi connectivity index (χ2n) is 4.92. The molecule has 132 valence electrons. The number of fused-ring (bicyclic) bond motifs is 1. The van der Waals surface area contributed by atoms with Gasteiger partial charge in [0.2, 0.25) is 0 Å². The number of aromatic nitrogens is 1. The second kappa shape index (κ2) is 14.0. The number of hydrogen-bond donors (Lipinski definition) is 3. The summed E-state index contributed by atoms with van der Waals surface area (Å²) in [5, 5.41) is 6.44. The van der Waals surface area contributed by atoms with Crippen LogP contribution in [-0.4, -0.2) is 43.1 Å². The van der Waals surface area contributed by atoms with Crippen molar-refractivity contribution in [2.75, 3.05) is 38.5 Å². The van der Waals surface area contributed by atoms with Crippen molar-refractivity contribution in [3.8, 4) is 0 Å². The van der Waals surface area contributed by atoms with Crippen LogP contribution in [0.3, 0.4) is 0 Å². The lowest BCUT2D eigenvalue weighted by atomic mass is 10.2. The molecule has 4 N–H and O–H groups in total. The Kier molecular flexibility index (Phi) is 13.1. The third-order valence-electron chi connectivity index (χ3n) is 3.17. The Morgan fingerprint density at radius 1 is 1.17 bits per heavy atom. The Balaban J connectivity index is 0.000000377. The van der Waals surface area contributed by atoms with Gasteiger partial charge in [0.15, 0.2) is 0 Å². The molecule has 2 aliphatic heterocycles. The number of pyridine rings is 1. The minimum Gasteiger partial charge on any atom is -0.401 e. The van der Waals surface area contributed by atoms with Gasteiger partial charge < -0.3 is 21.3 Å². The standard InChI is InChI=1S/C9H13N3.C5H10N2.2C2H6/c1-12-6-5-11-9-8(7-12)3-2-4-10-9;6-5-2-1-3-7-4-5;2*1-2/h2-4H,5-7H2,1H3,(H,10,11);2,7H,1,3-4,6H2;2*1-2H3. The van der Waals surface area contributed by atoms with Crippen molar-refractivity contribution in [2.45, 2.75) is 40.7 Å². The lowest BCUT2D eigenvalue weighted by molar-refractivity contribution is 0.346. The van der Waals surface area contributed by atoms with E-state index in [4.69, 9.17) is 5.73 Å². The van der Waals surface area contributed by atoms with Gasteiger partial charge in [-0.2, -0.15) is 0 Å². The van der Waals surface area contributed by atoms with Crippen molar-refractivity contribution in [1.29, 1.82) is 0 Å². The molecule has 0 unspecified atom stereocenters. The van der Waals surface area contributed by atoms with Gasteiger partial charge in [-0.05, 0) is 26.1 Å². The van der Waals surface area contributed by atoms with E-state index in [9.17, 15) is 0 Å². The molecule has 0 atom stereocenters. The summed E-state index contributed by atoms with van der Waals surface area (Å²) in [7, 11) is 2.13. The number of rotatable bonds is 0. The Labute approximate surface area is 142 Å². The van der Waals surface area contributed by atoms with Crippen molar-refractivity contribution in [1.82, 2.24) is 15.2 Å². The topological polar surface area (TPSA) is 66.2 Å². The average molecular weight is 322 g/mol. The molecule has 0 radical (unpaired) electrons. The van der Waals surface area contributed by atoms with Gasteiger partial charge in [-0.3, -0.25) is 0 Å². The third kappa shape index (κ3) is 9.21. The van der Waals surface area contributed by atoms with E-state index < -0.39 is 0 Å². The SMILES string of the molecule is CC.CC.CN1CCNc2ncccc2C1.NC1=CCCNC1. The first-order valence-corrected chi connectivity index (χ1v) is 8.77. The lowest BCUT2D eigenvalue weighted by Gasteiger charge is -2.11. The van der Waals surface area contributed by atoms with Crippen molar-refractivity contribution in [2.24, 2.45) is 5.73 Å². The Bertz CT molecular complexity index is 431. The number of likely N-dealkylation sites (N-methyl/N-ethyl adjacent to an activating group) is 1. The Morgan fingerprint density at radius 3 is 2.48 bits per heavy atom. The van der Waals surface area contributed by atoms with Crippen molar-refractivity contribution in [3.63, 3.8) is 0 Å². The highest BCUT2D eigenvalue weighted by molar-refractivity contribution is 5.44. The summed E-state index contributed by atoms with van der Waals surface area (Å²) in [4.78, 5) is 6.57. The zero-order chi connectivity index (χ0) is 17.5. The quantitative estimate of drug-likeness (QED) is 0.686. The van der Waals surface area contributed by atoms with Crippen LogP contribution in [-0.2, 0) is 6.54 Å². The normalized spacial score (nSPS) is 16.3. The summed E-state index contributed by atoms with van der Waals surface area (Å²) < 4.78 is 0. The van der Waals surface area contributed by atoms with E-state index in [1.807, 2.05) is 40.0 Å². The molecule has 0 amide bonds. The fraction of sp³-hybridized carbons (Fsp3) is 0.611. The predicted molar refractivity (Wildman–Crippen MR) is 102 cm³/mol. The maximum atomic E-state index is 5.43. The van der Waals surface area contributed by atoms with E-state index in [2.05, 4.69) is 39.7 Å². The van der Waals surface area contributed by atoms with Crippen LogP contribution in [0.15, 0.2) is 30.1 Å². The summed E-state index contributed by atoms with van der Waals surface area (Å²) in [6.07, 6.45) is 4.99. The first-order chi connectivity index (χ1) is 11.3. The number of hydrogen-bond acceptors (Lipinski definition) is 5. The maximum Gasteiger partial charge on any atom is 0.130 e. The van der Waals surface area contributed by atoms with Crippen LogP contribution in [0, 0.1) is 0 Å². The van der Waals surface area contributed by atoms with Gasteiger partial charge >= 0.3 is 0 Å². The van der Waals surface area contributed by atoms with Crippen LogP contribution in [0.1, 0.15) is 39.7 Å². The molecule has 1 aromatic heterocycles. The van der Waals surface area contributed by atoms with Crippen LogP contribution < -0.4 is 16.4 Å². The summed E-state index contributed by atoms with van der Waals surface area (Å²) in [6, 6.07) is 4.11. The number of nitrogens with one attached hydrogen (secondary N) is 2. The zero-order valence-corrected chi connectivity index (χ0v) is 15.5. The zero-order valence-electron chi connectivity index (χ0n) is 15.5. The molecule has 3 heterocycles. The molecule has 0 aromatic carbocycles. The fourth-order valence-electron chi connectivity index (χ4n) is 2.12. The highest BCUT2D eigenvalue weighted by atomic mass is 15.1. The minimum atomic E-state index is 0.875. The molecule has 0 spiro atoms. The molecule has 2 aliphatic rings. The van der Waals surface area contributed by atoms with E-state index in [-0.39, 0.29) is 0 Å². The van der Waals surface area contributed by atoms with Crippen molar-refractivity contribution >= 4 is 5.82 Å². The minimum absolute atomic E-state index is 0.875. The molecular weight excluding hydrogens is 286 g/mol. The smallest absolute Gasteiger partial charge is 0.130 e. The Morgan fingerprint density at radius 2 is 1.91 bits per heavy atom. The van der Waals surface area contributed by atoms with Gasteiger partial charge in [-0.1, -0.05) is 39.8 Å². The summed E-state index contributed by atoms with van der Waals surface area (Å²) in [6.45, 7) is 13.0. The van der Waals surface area contributed by atoms with Crippen LogP contribution in [0.5, 0.6) is 0 Å². The lowest BCUT2D eigenvalue weighted by Crippen LogP contribution is -2.25. The molecule has 23 heavy (non-hydrogen) atoms. The van der Waals surface area contributed by atoms with Gasteiger partial charge in [-0.15, -0.1) is 0 Å². The molecule has 0 aliphatic carbocycles. The molecule has 1 aromatic rings.